The Labute approximate surface area is 305 Å². The molecular formula is C38H44F3N7O5. The van der Waals surface area contributed by atoms with Crippen molar-refractivity contribution in [1.82, 2.24) is 25.1 Å². The number of piperidine rings is 1. The number of benzene rings is 2. The summed E-state index contributed by atoms with van der Waals surface area (Å²) in [6.45, 7) is 7.65. The number of esters is 2. The first-order chi connectivity index (χ1) is 25.4. The summed E-state index contributed by atoms with van der Waals surface area (Å²) in [6.07, 6.45) is -3.00. The van der Waals surface area contributed by atoms with E-state index in [0.717, 1.165) is 18.4 Å². The molecule has 2 saturated heterocycles. The highest BCUT2D eigenvalue weighted by molar-refractivity contribution is 5.76. The number of anilines is 2. The number of nitrogen functional groups attached to an aromatic ring is 1. The topological polar surface area (TPSA) is 147 Å². The molecule has 4 heterocycles. The number of carbonyl (C=O) groups excluding carboxylic acids is 2. The first-order valence-electron chi connectivity index (χ1n) is 17.8. The zero-order valence-corrected chi connectivity index (χ0v) is 30.0. The second-order valence-corrected chi connectivity index (χ2v) is 13.5. The van der Waals surface area contributed by atoms with E-state index in [4.69, 9.17) is 19.9 Å². The second-order valence-electron chi connectivity index (χ2n) is 13.5. The van der Waals surface area contributed by atoms with Crippen molar-refractivity contribution in [2.75, 3.05) is 43.5 Å². The number of nitrogens with zero attached hydrogens (tertiary/aromatic N) is 5. The number of nitrogens with one attached hydrogen (secondary N) is 1. The Hall–Kier alpha value is -5.18. The van der Waals surface area contributed by atoms with Crippen LogP contribution in [0.25, 0.3) is 16.8 Å². The molecule has 4 aromatic rings. The van der Waals surface area contributed by atoms with Crippen LogP contribution in [0, 0.1) is 12.3 Å². The van der Waals surface area contributed by atoms with E-state index in [0.29, 0.717) is 61.7 Å². The summed E-state index contributed by atoms with van der Waals surface area (Å²) in [6, 6.07) is 14.8. The van der Waals surface area contributed by atoms with Gasteiger partial charge in [-0.05, 0) is 86.8 Å². The summed E-state index contributed by atoms with van der Waals surface area (Å²) in [5.41, 5.74) is 8.61. The van der Waals surface area contributed by atoms with Gasteiger partial charge in [-0.25, -0.2) is 4.68 Å². The molecule has 1 spiro atoms. The van der Waals surface area contributed by atoms with Crippen LogP contribution in [0.15, 0.2) is 60.8 Å². The Bertz CT molecular complexity index is 1930. The second kappa shape index (κ2) is 15.8. The standard InChI is InChI=1S/C38H44F3N7O5/c1-4-51-33(49)12-9-25-7-6-8-26(19-25)27-10-11-30(48-16-13-24(3)46-48)28(20-27)34(38(39,40)41)53-32-21-31(44-36(42)45-32)47-17-14-37(15-18-47)22-29(43-23-37)35(50)52-5-2/h6-8,10-11,13,16,19-21,29,34,43H,4-5,9,12,14-15,17-18,22-23H2,1-3H3,(H2,42,44,45)/t29-,34+/m0/s1. The Morgan fingerprint density at radius 1 is 1.02 bits per heavy atom. The lowest BCUT2D eigenvalue weighted by molar-refractivity contribution is -0.198. The molecule has 15 heteroatoms. The SMILES string of the molecule is CCOC(=O)CCc1cccc(-c2ccc(-n3ccc(C)n3)c([C@@H](Oc3cc(N4CCC5(CC4)CN[C@H](C(=O)OCC)C5)nc(N)n3)C(F)(F)F)c2)c1. The number of hydrogen-bond donors (Lipinski definition) is 2. The van der Waals surface area contributed by atoms with Gasteiger partial charge < -0.3 is 30.2 Å². The number of alkyl halides is 3. The monoisotopic (exact) mass is 735 g/mol. The number of carbonyl (C=O) groups is 2. The van der Waals surface area contributed by atoms with E-state index in [-0.39, 0.29) is 59.5 Å². The fraction of sp³-hybridized carbons (Fsp3) is 0.447. The van der Waals surface area contributed by atoms with Gasteiger partial charge in [0.2, 0.25) is 17.9 Å². The van der Waals surface area contributed by atoms with Gasteiger partial charge in [0, 0.05) is 43.9 Å². The van der Waals surface area contributed by atoms with Crippen molar-refractivity contribution >= 4 is 23.7 Å². The molecule has 12 nitrogen and oxygen atoms in total. The van der Waals surface area contributed by atoms with E-state index in [2.05, 4.69) is 20.4 Å². The Kier molecular flexibility index (Phi) is 11.2. The third kappa shape index (κ3) is 8.90. The van der Waals surface area contributed by atoms with E-state index in [1.165, 1.54) is 16.8 Å². The minimum Gasteiger partial charge on any atom is -0.466 e. The highest BCUT2D eigenvalue weighted by atomic mass is 19.4. The number of aromatic nitrogens is 4. The molecule has 282 valence electrons. The number of hydrogen-bond acceptors (Lipinski definition) is 11. The van der Waals surface area contributed by atoms with Crippen molar-refractivity contribution in [3.8, 4) is 22.7 Å². The molecule has 0 bridgehead atoms. The molecule has 2 atom stereocenters. The lowest BCUT2D eigenvalue weighted by Crippen LogP contribution is -2.41. The smallest absolute Gasteiger partial charge is 0.429 e. The predicted octanol–water partition coefficient (Wildman–Crippen LogP) is 5.91. The largest absolute Gasteiger partial charge is 0.466 e. The van der Waals surface area contributed by atoms with Crippen LogP contribution in [0.5, 0.6) is 5.88 Å². The molecule has 0 amide bonds. The zero-order valence-electron chi connectivity index (χ0n) is 30.0. The molecule has 0 radical (unpaired) electrons. The maximum Gasteiger partial charge on any atom is 0.429 e. The lowest BCUT2D eigenvalue weighted by atomic mass is 9.76. The van der Waals surface area contributed by atoms with E-state index >= 15 is 13.2 Å². The molecule has 2 aromatic carbocycles. The molecule has 2 aliphatic rings. The number of rotatable bonds is 12. The van der Waals surface area contributed by atoms with Crippen molar-refractivity contribution in [1.29, 1.82) is 0 Å². The minimum absolute atomic E-state index is 0.0973. The Morgan fingerprint density at radius 2 is 1.77 bits per heavy atom. The van der Waals surface area contributed by atoms with Crippen LogP contribution in [-0.4, -0.2) is 76.8 Å². The van der Waals surface area contributed by atoms with Gasteiger partial charge in [0.25, 0.3) is 0 Å². The molecule has 0 saturated carbocycles. The molecule has 2 aromatic heterocycles. The first kappa shape index (κ1) is 37.6. The van der Waals surface area contributed by atoms with Crippen LogP contribution in [0.4, 0.5) is 24.9 Å². The van der Waals surface area contributed by atoms with Crippen molar-refractivity contribution in [3.63, 3.8) is 0 Å². The normalized spacial score (nSPS) is 17.5. The van der Waals surface area contributed by atoms with Crippen LogP contribution in [0.2, 0.25) is 0 Å². The number of aryl methyl sites for hydroxylation is 2. The van der Waals surface area contributed by atoms with E-state index in [9.17, 15) is 9.59 Å². The van der Waals surface area contributed by atoms with Gasteiger partial charge in [-0.3, -0.25) is 9.59 Å². The van der Waals surface area contributed by atoms with Crippen molar-refractivity contribution < 1.29 is 37.0 Å². The molecular weight excluding hydrogens is 691 g/mol. The fourth-order valence-corrected chi connectivity index (χ4v) is 7.09. The van der Waals surface area contributed by atoms with Crippen LogP contribution in [0.3, 0.4) is 0 Å². The Balaban J connectivity index is 1.28. The molecule has 2 fully saturated rings. The average Bonchev–Trinajstić information content (AvgIpc) is 3.76. The summed E-state index contributed by atoms with van der Waals surface area (Å²) in [5.74, 6) is -0.772. The lowest BCUT2D eigenvalue weighted by Gasteiger charge is -2.39. The van der Waals surface area contributed by atoms with Crippen molar-refractivity contribution in [2.24, 2.45) is 5.41 Å². The first-order valence-corrected chi connectivity index (χ1v) is 17.8. The molecule has 2 aliphatic heterocycles. The van der Waals surface area contributed by atoms with Gasteiger partial charge >= 0.3 is 18.1 Å². The van der Waals surface area contributed by atoms with Crippen molar-refractivity contribution in [3.05, 3.63) is 77.6 Å². The maximum atomic E-state index is 15.2. The summed E-state index contributed by atoms with van der Waals surface area (Å²) < 4.78 is 62.9. The number of halogens is 3. The minimum atomic E-state index is -4.88. The molecule has 53 heavy (non-hydrogen) atoms. The van der Waals surface area contributed by atoms with Gasteiger partial charge in [-0.2, -0.15) is 28.2 Å². The summed E-state index contributed by atoms with van der Waals surface area (Å²) in [7, 11) is 0. The third-order valence-electron chi connectivity index (χ3n) is 9.78. The van der Waals surface area contributed by atoms with Gasteiger partial charge in [-0.15, -0.1) is 0 Å². The molecule has 0 unspecified atom stereocenters. The van der Waals surface area contributed by atoms with E-state index in [1.807, 2.05) is 17.0 Å². The van der Waals surface area contributed by atoms with Crippen LogP contribution < -0.4 is 20.7 Å². The van der Waals surface area contributed by atoms with Crippen LogP contribution in [0.1, 0.15) is 62.5 Å². The number of nitrogens with two attached hydrogens (primary N) is 1. The van der Waals surface area contributed by atoms with Crippen molar-refractivity contribution in [2.45, 2.75) is 71.2 Å². The van der Waals surface area contributed by atoms with E-state index in [1.54, 1.807) is 57.3 Å². The highest BCUT2D eigenvalue weighted by Gasteiger charge is 2.46. The maximum absolute atomic E-state index is 15.2. The molecule has 3 N–H and O–H groups in total. The van der Waals surface area contributed by atoms with Gasteiger partial charge in [0.1, 0.15) is 11.9 Å². The Morgan fingerprint density at radius 3 is 2.47 bits per heavy atom. The summed E-state index contributed by atoms with van der Waals surface area (Å²) in [4.78, 5) is 34.6. The summed E-state index contributed by atoms with van der Waals surface area (Å²) in [5, 5.41) is 7.68. The van der Waals surface area contributed by atoms with Gasteiger partial charge in [-0.1, -0.05) is 30.3 Å². The predicted molar refractivity (Wildman–Crippen MR) is 191 cm³/mol. The number of ether oxygens (including phenoxy) is 3. The fourth-order valence-electron chi connectivity index (χ4n) is 7.09. The summed E-state index contributed by atoms with van der Waals surface area (Å²) >= 11 is 0. The van der Waals surface area contributed by atoms with Gasteiger partial charge in [0.15, 0.2) is 0 Å². The third-order valence-corrected chi connectivity index (χ3v) is 9.78. The van der Waals surface area contributed by atoms with Crippen LogP contribution in [-0.2, 0) is 25.5 Å². The quantitative estimate of drug-likeness (QED) is 0.168. The highest BCUT2D eigenvalue weighted by Crippen LogP contribution is 2.43. The average molecular weight is 736 g/mol. The molecule has 6 rings (SSSR count). The van der Waals surface area contributed by atoms with Gasteiger partial charge in [0.05, 0.1) is 24.6 Å². The molecule has 0 aliphatic carbocycles. The van der Waals surface area contributed by atoms with Crippen LogP contribution >= 0.6 is 0 Å². The zero-order chi connectivity index (χ0) is 37.8. The van der Waals surface area contributed by atoms with E-state index < -0.39 is 12.3 Å².